The van der Waals surface area contributed by atoms with Crippen molar-refractivity contribution in [3.63, 3.8) is 0 Å². The first-order valence-electron chi connectivity index (χ1n) is 7.39. The second kappa shape index (κ2) is 10.4. The number of hydrogen-bond donors (Lipinski definition) is 1. The number of carbonyl (C=O) groups excluding carboxylic acids is 1. The third-order valence-corrected chi connectivity index (χ3v) is 3.07. The Morgan fingerprint density at radius 2 is 1.59 bits per heavy atom. The summed E-state index contributed by atoms with van der Waals surface area (Å²) in [6.07, 6.45) is 6.08. The van der Waals surface area contributed by atoms with Crippen LogP contribution in [0.3, 0.4) is 0 Å². The van der Waals surface area contributed by atoms with E-state index in [1.54, 1.807) is 12.1 Å². The smallest absolute Gasteiger partial charge is 0.335 e. The molecule has 0 fully saturated rings. The number of benzene rings is 1. The third-order valence-electron chi connectivity index (χ3n) is 3.07. The minimum atomic E-state index is -0.940. The van der Waals surface area contributed by atoms with Crippen LogP contribution in [0, 0.1) is 0 Å². The van der Waals surface area contributed by atoms with E-state index in [1.807, 2.05) is 0 Å². The van der Waals surface area contributed by atoms with Crippen LogP contribution in [-0.4, -0.2) is 30.3 Å². The molecule has 0 bridgehead atoms. The molecule has 0 amide bonds. The molecule has 0 unspecified atom stereocenters. The molecule has 1 aromatic carbocycles. The Balaban J connectivity index is 2.00. The van der Waals surface area contributed by atoms with Gasteiger partial charge in [-0.2, -0.15) is 0 Å². The number of carboxylic acids is 1. The molecule has 0 aliphatic carbocycles. The van der Waals surface area contributed by atoms with Crippen LogP contribution in [0.25, 0.3) is 0 Å². The SMILES string of the molecule is C=CC(=O)OCCCCCCCOc1ccc(C(=O)O)cc1. The Kier molecular flexibility index (Phi) is 8.42. The first kappa shape index (κ1) is 17.8. The van der Waals surface area contributed by atoms with Gasteiger partial charge in [0.2, 0.25) is 0 Å². The summed E-state index contributed by atoms with van der Waals surface area (Å²) in [7, 11) is 0. The molecule has 1 N–H and O–H groups in total. The number of carboxylic acid groups (broad SMARTS) is 1. The topological polar surface area (TPSA) is 72.8 Å². The molecule has 0 atom stereocenters. The lowest BCUT2D eigenvalue weighted by Gasteiger charge is -2.06. The van der Waals surface area contributed by atoms with Crippen molar-refractivity contribution in [1.29, 1.82) is 0 Å². The number of hydrogen-bond acceptors (Lipinski definition) is 4. The van der Waals surface area contributed by atoms with Gasteiger partial charge in [0.15, 0.2) is 0 Å². The fraction of sp³-hybridized carbons (Fsp3) is 0.412. The van der Waals surface area contributed by atoms with Crippen molar-refractivity contribution >= 4 is 11.9 Å². The van der Waals surface area contributed by atoms with Gasteiger partial charge in [-0.25, -0.2) is 9.59 Å². The second-order valence-corrected chi connectivity index (χ2v) is 4.82. The van der Waals surface area contributed by atoms with Crippen molar-refractivity contribution < 1.29 is 24.2 Å². The molecule has 0 aromatic heterocycles. The molecule has 0 saturated heterocycles. The Morgan fingerprint density at radius 3 is 2.18 bits per heavy atom. The minimum absolute atomic E-state index is 0.254. The lowest BCUT2D eigenvalue weighted by molar-refractivity contribution is -0.137. The van der Waals surface area contributed by atoms with Gasteiger partial charge < -0.3 is 14.6 Å². The van der Waals surface area contributed by atoms with Crippen molar-refractivity contribution in [3.8, 4) is 5.75 Å². The molecule has 5 nitrogen and oxygen atoms in total. The van der Waals surface area contributed by atoms with Crippen LogP contribution in [0.1, 0.15) is 42.5 Å². The first-order valence-corrected chi connectivity index (χ1v) is 7.39. The molecule has 120 valence electrons. The van der Waals surface area contributed by atoms with Gasteiger partial charge in [0.1, 0.15) is 5.75 Å². The maximum absolute atomic E-state index is 10.8. The standard InChI is InChI=1S/C17H22O5/c1-2-16(18)22-13-7-5-3-4-6-12-21-15-10-8-14(9-11-15)17(19)20/h2,8-11H,1,3-7,12-13H2,(H,19,20). The first-order chi connectivity index (χ1) is 10.6. The van der Waals surface area contributed by atoms with Crippen LogP contribution in [0.2, 0.25) is 0 Å². The molecular formula is C17H22O5. The Bertz CT molecular complexity index is 478. The summed E-state index contributed by atoms with van der Waals surface area (Å²) in [5, 5.41) is 8.78. The zero-order valence-electron chi connectivity index (χ0n) is 12.6. The van der Waals surface area contributed by atoms with Gasteiger partial charge in [-0.3, -0.25) is 0 Å². The van der Waals surface area contributed by atoms with Crippen molar-refractivity contribution in [2.75, 3.05) is 13.2 Å². The largest absolute Gasteiger partial charge is 0.494 e. The summed E-state index contributed by atoms with van der Waals surface area (Å²) >= 11 is 0. The molecule has 0 aliphatic heterocycles. The molecule has 0 spiro atoms. The summed E-state index contributed by atoms with van der Waals surface area (Å²) in [6, 6.07) is 6.39. The van der Waals surface area contributed by atoms with E-state index in [0.717, 1.165) is 32.1 Å². The highest BCUT2D eigenvalue weighted by molar-refractivity contribution is 5.87. The normalized spacial score (nSPS) is 10.0. The lowest BCUT2D eigenvalue weighted by Crippen LogP contribution is -2.02. The fourth-order valence-electron chi connectivity index (χ4n) is 1.85. The molecule has 1 aromatic rings. The third kappa shape index (κ3) is 7.47. The van der Waals surface area contributed by atoms with Crippen molar-refractivity contribution in [2.24, 2.45) is 0 Å². The number of aromatic carboxylic acids is 1. The molecule has 0 saturated carbocycles. The number of esters is 1. The van der Waals surface area contributed by atoms with Crippen molar-refractivity contribution in [1.82, 2.24) is 0 Å². The van der Waals surface area contributed by atoms with E-state index in [9.17, 15) is 9.59 Å². The van der Waals surface area contributed by atoms with Crippen LogP contribution in [0.15, 0.2) is 36.9 Å². The van der Waals surface area contributed by atoms with E-state index in [0.29, 0.717) is 19.0 Å². The van der Waals surface area contributed by atoms with Crippen LogP contribution in [-0.2, 0) is 9.53 Å². The zero-order valence-corrected chi connectivity index (χ0v) is 12.6. The quantitative estimate of drug-likeness (QED) is 0.385. The maximum Gasteiger partial charge on any atom is 0.335 e. The highest BCUT2D eigenvalue weighted by Crippen LogP contribution is 2.13. The average Bonchev–Trinajstić information content (AvgIpc) is 2.53. The Morgan fingerprint density at radius 1 is 1.00 bits per heavy atom. The van der Waals surface area contributed by atoms with E-state index in [1.165, 1.54) is 18.2 Å². The monoisotopic (exact) mass is 306 g/mol. The van der Waals surface area contributed by atoms with Gasteiger partial charge in [-0.05, 0) is 37.1 Å². The van der Waals surface area contributed by atoms with Crippen LogP contribution in [0.4, 0.5) is 0 Å². The molecule has 0 aliphatic rings. The minimum Gasteiger partial charge on any atom is -0.494 e. The highest BCUT2D eigenvalue weighted by Gasteiger charge is 2.02. The van der Waals surface area contributed by atoms with Gasteiger partial charge in [-0.1, -0.05) is 25.8 Å². The van der Waals surface area contributed by atoms with E-state index in [-0.39, 0.29) is 11.5 Å². The van der Waals surface area contributed by atoms with E-state index >= 15 is 0 Å². The molecule has 0 heterocycles. The fourth-order valence-corrected chi connectivity index (χ4v) is 1.85. The summed E-state index contributed by atoms with van der Waals surface area (Å²) < 4.78 is 10.4. The maximum atomic E-state index is 10.8. The Hall–Kier alpha value is -2.30. The highest BCUT2D eigenvalue weighted by atomic mass is 16.5. The summed E-state index contributed by atoms with van der Waals surface area (Å²) in [5.41, 5.74) is 0.254. The predicted molar refractivity (Wildman–Crippen MR) is 83.1 cm³/mol. The molecule has 22 heavy (non-hydrogen) atoms. The second-order valence-electron chi connectivity index (χ2n) is 4.82. The molecule has 0 radical (unpaired) electrons. The van der Waals surface area contributed by atoms with Gasteiger partial charge in [0.25, 0.3) is 0 Å². The average molecular weight is 306 g/mol. The predicted octanol–water partition coefficient (Wildman–Crippen LogP) is 3.44. The van der Waals surface area contributed by atoms with E-state index < -0.39 is 5.97 Å². The van der Waals surface area contributed by atoms with Gasteiger partial charge in [0, 0.05) is 6.08 Å². The van der Waals surface area contributed by atoms with Crippen LogP contribution in [0.5, 0.6) is 5.75 Å². The summed E-state index contributed by atoms with van der Waals surface area (Å²) in [6.45, 7) is 4.38. The van der Waals surface area contributed by atoms with Gasteiger partial charge in [-0.15, -0.1) is 0 Å². The number of carbonyl (C=O) groups is 2. The zero-order chi connectivity index (χ0) is 16.2. The van der Waals surface area contributed by atoms with Crippen LogP contribution < -0.4 is 4.74 Å². The van der Waals surface area contributed by atoms with Gasteiger partial charge in [0.05, 0.1) is 18.8 Å². The van der Waals surface area contributed by atoms with E-state index in [2.05, 4.69) is 6.58 Å². The number of unbranched alkanes of at least 4 members (excludes halogenated alkanes) is 4. The molecule has 5 heteroatoms. The van der Waals surface area contributed by atoms with Crippen molar-refractivity contribution in [2.45, 2.75) is 32.1 Å². The molecular weight excluding hydrogens is 284 g/mol. The Labute approximate surface area is 130 Å². The molecule has 1 rings (SSSR count). The number of ether oxygens (including phenoxy) is 2. The summed E-state index contributed by atoms with van der Waals surface area (Å²) in [5.74, 6) is -0.631. The van der Waals surface area contributed by atoms with E-state index in [4.69, 9.17) is 14.6 Å². The number of rotatable bonds is 11. The van der Waals surface area contributed by atoms with Crippen molar-refractivity contribution in [3.05, 3.63) is 42.5 Å². The summed E-state index contributed by atoms with van der Waals surface area (Å²) in [4.78, 5) is 21.5. The lowest BCUT2D eigenvalue weighted by atomic mass is 10.1. The van der Waals surface area contributed by atoms with Crippen LogP contribution >= 0.6 is 0 Å². The van der Waals surface area contributed by atoms with Gasteiger partial charge >= 0.3 is 11.9 Å².